The minimum atomic E-state index is -0.839. The second kappa shape index (κ2) is 8.34. The lowest BCUT2D eigenvalue weighted by Gasteiger charge is -2.10. The van der Waals surface area contributed by atoms with Gasteiger partial charge in [-0.25, -0.2) is 4.99 Å². The minimum Gasteiger partial charge on any atom is -0.369 e. The molecule has 3 rings (SSSR count). The van der Waals surface area contributed by atoms with Crippen LogP contribution in [0.15, 0.2) is 58.5 Å². The molecule has 8 nitrogen and oxygen atoms in total. The number of carbonyl (C=O) groups excluding carboxylic acids is 2. The highest BCUT2D eigenvalue weighted by molar-refractivity contribution is 6.11. The Hall–Kier alpha value is -3.68. The zero-order valence-electron chi connectivity index (χ0n) is 15.7. The third-order valence-corrected chi connectivity index (χ3v) is 4.12. The number of amides is 2. The molecule has 0 radical (unpaired) electrons. The van der Waals surface area contributed by atoms with Crippen LogP contribution in [0.25, 0.3) is 0 Å². The number of nitrogens with zero attached hydrogens (tertiary/aromatic N) is 2. The molecule has 0 aliphatic carbocycles. The highest BCUT2D eigenvalue weighted by Crippen LogP contribution is 2.17. The standard InChI is InChI=1S/C20H22N6O2/c1-12-8-9-15(13(2)10-12)23-17(27)11-16-18(28)25-20(24-16)26-19(21)22-14-6-4-3-5-7-14/h3-10,16H,11H2,1-2H3,(H,23,27)(H4,21,22,24,25,26,28)/t16-/m1/s1. The second-order valence-electron chi connectivity index (χ2n) is 6.52. The van der Waals surface area contributed by atoms with Gasteiger partial charge in [-0.15, -0.1) is 0 Å². The van der Waals surface area contributed by atoms with Crippen molar-refractivity contribution in [2.75, 3.05) is 10.6 Å². The van der Waals surface area contributed by atoms with E-state index in [4.69, 9.17) is 5.73 Å². The number of rotatable bonds is 4. The van der Waals surface area contributed by atoms with Gasteiger partial charge in [0.25, 0.3) is 5.91 Å². The lowest BCUT2D eigenvalue weighted by atomic mass is 10.1. The molecule has 0 saturated heterocycles. The summed E-state index contributed by atoms with van der Waals surface area (Å²) in [4.78, 5) is 32.6. The predicted molar refractivity (Wildman–Crippen MR) is 110 cm³/mol. The Bertz CT molecular complexity index is 952. The maximum absolute atomic E-state index is 12.3. The third-order valence-electron chi connectivity index (χ3n) is 4.12. The van der Waals surface area contributed by atoms with Crippen LogP contribution in [-0.2, 0) is 9.59 Å². The van der Waals surface area contributed by atoms with Crippen LogP contribution in [0.4, 0.5) is 11.4 Å². The number of benzene rings is 2. The first-order valence-corrected chi connectivity index (χ1v) is 8.83. The summed E-state index contributed by atoms with van der Waals surface area (Å²) in [6.07, 6.45) is -0.0792. The number of anilines is 2. The lowest BCUT2D eigenvalue weighted by molar-refractivity contribution is -0.123. The molecule has 2 aromatic rings. The molecule has 0 unspecified atom stereocenters. The van der Waals surface area contributed by atoms with Crippen molar-refractivity contribution in [3.05, 3.63) is 59.7 Å². The Balaban J connectivity index is 1.61. The summed E-state index contributed by atoms with van der Waals surface area (Å²) in [5.41, 5.74) is 9.38. The van der Waals surface area contributed by atoms with Crippen molar-refractivity contribution in [3.63, 3.8) is 0 Å². The molecule has 144 valence electrons. The van der Waals surface area contributed by atoms with Crippen molar-refractivity contribution < 1.29 is 9.59 Å². The molecule has 1 atom stereocenters. The van der Waals surface area contributed by atoms with Gasteiger partial charge in [0, 0.05) is 11.4 Å². The van der Waals surface area contributed by atoms with E-state index in [0.29, 0.717) is 5.69 Å². The van der Waals surface area contributed by atoms with Crippen molar-refractivity contribution in [2.24, 2.45) is 15.7 Å². The summed E-state index contributed by atoms with van der Waals surface area (Å²) in [6.45, 7) is 3.90. The molecule has 2 aromatic carbocycles. The fraction of sp³-hybridized carbons (Fsp3) is 0.200. The zero-order valence-corrected chi connectivity index (χ0v) is 15.7. The Morgan fingerprint density at radius 1 is 1.18 bits per heavy atom. The van der Waals surface area contributed by atoms with Gasteiger partial charge in [-0.2, -0.15) is 4.99 Å². The van der Waals surface area contributed by atoms with Gasteiger partial charge in [-0.05, 0) is 37.6 Å². The molecule has 1 aliphatic rings. The Morgan fingerprint density at radius 3 is 2.64 bits per heavy atom. The SMILES string of the molecule is Cc1ccc(NC(=O)C[C@H]2N=C(N=C(N)Nc3ccccc3)NC2=O)c(C)c1. The van der Waals surface area contributed by atoms with E-state index in [1.807, 2.05) is 62.4 Å². The second-order valence-corrected chi connectivity index (χ2v) is 6.52. The fourth-order valence-corrected chi connectivity index (χ4v) is 2.77. The van der Waals surface area contributed by atoms with Crippen LogP contribution in [0.5, 0.6) is 0 Å². The number of aliphatic imine (C=N–C) groups is 2. The third kappa shape index (κ3) is 4.94. The van der Waals surface area contributed by atoms with E-state index in [2.05, 4.69) is 25.9 Å². The smallest absolute Gasteiger partial charge is 0.252 e. The Morgan fingerprint density at radius 2 is 1.93 bits per heavy atom. The van der Waals surface area contributed by atoms with Crippen LogP contribution in [0, 0.1) is 13.8 Å². The van der Waals surface area contributed by atoms with E-state index < -0.39 is 6.04 Å². The van der Waals surface area contributed by atoms with Gasteiger partial charge in [-0.1, -0.05) is 35.9 Å². The van der Waals surface area contributed by atoms with Crippen molar-refractivity contribution in [1.29, 1.82) is 0 Å². The number of para-hydroxylation sites is 1. The Kier molecular flexibility index (Phi) is 5.69. The van der Waals surface area contributed by atoms with Crippen LogP contribution in [-0.4, -0.2) is 29.8 Å². The van der Waals surface area contributed by atoms with E-state index in [1.165, 1.54) is 0 Å². The number of hydrogen-bond donors (Lipinski definition) is 4. The monoisotopic (exact) mass is 378 g/mol. The highest BCUT2D eigenvalue weighted by Gasteiger charge is 2.28. The molecule has 2 amide bonds. The number of guanidine groups is 2. The van der Waals surface area contributed by atoms with Crippen LogP contribution < -0.4 is 21.7 Å². The molecule has 1 heterocycles. The number of nitrogens with two attached hydrogens (primary N) is 1. The normalized spacial score (nSPS) is 16.4. The van der Waals surface area contributed by atoms with Crippen LogP contribution in [0.2, 0.25) is 0 Å². The van der Waals surface area contributed by atoms with E-state index in [-0.39, 0.29) is 30.2 Å². The summed E-state index contributed by atoms with van der Waals surface area (Å²) in [6, 6.07) is 14.1. The number of aryl methyl sites for hydroxylation is 2. The minimum absolute atomic E-state index is 0.0789. The van der Waals surface area contributed by atoms with E-state index in [9.17, 15) is 9.59 Å². The van der Waals surface area contributed by atoms with Crippen LogP contribution in [0.1, 0.15) is 17.5 Å². The first kappa shape index (κ1) is 19.1. The fourth-order valence-electron chi connectivity index (χ4n) is 2.77. The Labute approximate surface area is 163 Å². The number of carbonyl (C=O) groups is 2. The molecule has 1 aliphatic heterocycles. The van der Waals surface area contributed by atoms with Gasteiger partial charge < -0.3 is 16.4 Å². The van der Waals surface area contributed by atoms with Crippen molar-refractivity contribution >= 4 is 35.1 Å². The summed E-state index contributed by atoms with van der Waals surface area (Å²) >= 11 is 0. The maximum atomic E-state index is 12.3. The van der Waals surface area contributed by atoms with Crippen molar-refractivity contribution in [2.45, 2.75) is 26.3 Å². The predicted octanol–water partition coefficient (Wildman–Crippen LogP) is 1.91. The van der Waals surface area contributed by atoms with Gasteiger partial charge in [0.15, 0.2) is 0 Å². The zero-order chi connectivity index (χ0) is 20.1. The summed E-state index contributed by atoms with van der Waals surface area (Å²) < 4.78 is 0. The van der Waals surface area contributed by atoms with Gasteiger partial charge >= 0.3 is 0 Å². The molecule has 0 saturated carbocycles. The molecule has 0 bridgehead atoms. The van der Waals surface area contributed by atoms with E-state index >= 15 is 0 Å². The maximum Gasteiger partial charge on any atom is 0.252 e. The highest BCUT2D eigenvalue weighted by atomic mass is 16.2. The van der Waals surface area contributed by atoms with Crippen molar-refractivity contribution in [1.82, 2.24) is 5.32 Å². The molecule has 28 heavy (non-hydrogen) atoms. The average molecular weight is 378 g/mol. The molecule has 8 heteroatoms. The summed E-state index contributed by atoms with van der Waals surface area (Å²) in [7, 11) is 0. The van der Waals surface area contributed by atoms with Gasteiger partial charge in [0.1, 0.15) is 6.04 Å². The molecular formula is C20H22N6O2. The van der Waals surface area contributed by atoms with Gasteiger partial charge in [0.2, 0.25) is 17.8 Å². The van der Waals surface area contributed by atoms with Crippen LogP contribution in [0.3, 0.4) is 0 Å². The number of nitrogens with one attached hydrogen (secondary N) is 3. The summed E-state index contributed by atoms with van der Waals surface area (Å²) in [5.74, 6) is -0.514. The number of hydrogen-bond acceptors (Lipinski definition) is 4. The largest absolute Gasteiger partial charge is 0.369 e. The molecule has 0 aromatic heterocycles. The van der Waals surface area contributed by atoms with Gasteiger partial charge in [0.05, 0.1) is 6.42 Å². The molecular weight excluding hydrogens is 356 g/mol. The van der Waals surface area contributed by atoms with Crippen LogP contribution >= 0.6 is 0 Å². The van der Waals surface area contributed by atoms with E-state index in [1.54, 1.807) is 0 Å². The quantitative estimate of drug-likeness (QED) is 0.480. The van der Waals surface area contributed by atoms with Crippen molar-refractivity contribution in [3.8, 4) is 0 Å². The first-order valence-electron chi connectivity index (χ1n) is 8.83. The van der Waals surface area contributed by atoms with E-state index in [0.717, 1.165) is 16.8 Å². The molecule has 5 N–H and O–H groups in total. The molecule has 0 fully saturated rings. The average Bonchev–Trinajstić information content (AvgIpc) is 2.97. The summed E-state index contributed by atoms with van der Waals surface area (Å²) in [5, 5.41) is 8.24. The lowest BCUT2D eigenvalue weighted by Crippen LogP contribution is -2.32. The topological polar surface area (TPSA) is 121 Å². The molecule has 0 spiro atoms. The first-order chi connectivity index (χ1) is 13.4. The van der Waals surface area contributed by atoms with Gasteiger partial charge in [-0.3, -0.25) is 14.9 Å².